The maximum absolute atomic E-state index is 12.9. The van der Waals surface area contributed by atoms with Crippen molar-refractivity contribution in [3.63, 3.8) is 0 Å². The van der Waals surface area contributed by atoms with Crippen molar-refractivity contribution in [3.8, 4) is 5.75 Å². The molecule has 1 amide bonds. The summed E-state index contributed by atoms with van der Waals surface area (Å²) >= 11 is 0. The first-order chi connectivity index (χ1) is 12.8. The molecule has 0 atom stereocenters. The Balaban J connectivity index is 1.39. The van der Waals surface area contributed by atoms with E-state index in [9.17, 15) is 4.79 Å². The zero-order valence-corrected chi connectivity index (χ0v) is 15.1. The van der Waals surface area contributed by atoms with Gasteiger partial charge in [-0.05, 0) is 44.0 Å². The van der Waals surface area contributed by atoms with Crippen LogP contribution in [0.25, 0.3) is 0 Å². The molecular weight excluding hydrogens is 328 g/mol. The van der Waals surface area contributed by atoms with E-state index in [1.807, 2.05) is 36.1 Å². The summed E-state index contributed by atoms with van der Waals surface area (Å²) in [6.07, 6.45) is 2.47. The molecule has 1 aliphatic carbocycles. The van der Waals surface area contributed by atoms with Gasteiger partial charge < -0.3 is 14.5 Å². The fraction of sp³-hybridized carbons (Fsp3) is 0.450. The molecule has 1 aromatic carbocycles. The summed E-state index contributed by atoms with van der Waals surface area (Å²) in [6, 6.07) is 11.6. The van der Waals surface area contributed by atoms with Gasteiger partial charge in [0, 0.05) is 32.1 Å². The standard InChI is InChI=1S/C20H24N4O2/c1-2-26-18-6-4-3-5-16(18)20(25)24-13-11-23(12-14-24)19-10-9-17(21-22-19)15-7-8-15/h3-6,9-10,15H,2,7-8,11-14H2,1H3. The SMILES string of the molecule is CCOc1ccccc1C(=O)N1CCN(c2ccc(C3CC3)nn2)CC1. The zero-order valence-electron chi connectivity index (χ0n) is 15.1. The van der Waals surface area contributed by atoms with Gasteiger partial charge in [-0.3, -0.25) is 4.79 Å². The maximum atomic E-state index is 12.9. The van der Waals surface area contributed by atoms with Crippen LogP contribution in [0.5, 0.6) is 5.75 Å². The molecule has 0 unspecified atom stereocenters. The van der Waals surface area contributed by atoms with E-state index in [2.05, 4.69) is 27.2 Å². The van der Waals surface area contributed by atoms with E-state index in [1.165, 1.54) is 12.8 Å². The van der Waals surface area contributed by atoms with Gasteiger partial charge in [-0.2, -0.15) is 5.10 Å². The summed E-state index contributed by atoms with van der Waals surface area (Å²) in [4.78, 5) is 17.0. The van der Waals surface area contributed by atoms with Crippen LogP contribution in [0.4, 0.5) is 5.82 Å². The molecule has 0 radical (unpaired) electrons. The van der Waals surface area contributed by atoms with Crippen LogP contribution in [-0.2, 0) is 0 Å². The van der Waals surface area contributed by atoms with Crippen molar-refractivity contribution >= 4 is 11.7 Å². The number of aromatic nitrogens is 2. The van der Waals surface area contributed by atoms with Crippen LogP contribution in [0, 0.1) is 0 Å². The quantitative estimate of drug-likeness (QED) is 0.828. The second kappa shape index (κ2) is 7.32. The third-order valence-corrected chi connectivity index (χ3v) is 4.97. The van der Waals surface area contributed by atoms with Gasteiger partial charge in [-0.25, -0.2) is 0 Å². The summed E-state index contributed by atoms with van der Waals surface area (Å²) in [5.41, 5.74) is 1.74. The van der Waals surface area contributed by atoms with Crippen molar-refractivity contribution in [2.45, 2.75) is 25.7 Å². The van der Waals surface area contributed by atoms with Crippen molar-refractivity contribution in [1.82, 2.24) is 15.1 Å². The smallest absolute Gasteiger partial charge is 0.257 e. The highest BCUT2D eigenvalue weighted by molar-refractivity contribution is 5.97. The molecule has 2 fully saturated rings. The predicted octanol–water partition coefficient (Wildman–Crippen LogP) is 2.72. The monoisotopic (exact) mass is 352 g/mol. The number of ether oxygens (including phenoxy) is 1. The van der Waals surface area contributed by atoms with Gasteiger partial charge in [-0.15, -0.1) is 5.10 Å². The largest absolute Gasteiger partial charge is 0.493 e. The minimum Gasteiger partial charge on any atom is -0.493 e. The molecule has 1 saturated heterocycles. The Bertz CT molecular complexity index is 766. The third kappa shape index (κ3) is 3.49. The van der Waals surface area contributed by atoms with Gasteiger partial charge in [0.1, 0.15) is 5.75 Å². The average Bonchev–Trinajstić information content (AvgIpc) is 3.54. The van der Waals surface area contributed by atoms with Gasteiger partial charge >= 0.3 is 0 Å². The van der Waals surface area contributed by atoms with Gasteiger partial charge in [0.2, 0.25) is 0 Å². The molecule has 6 nitrogen and oxygen atoms in total. The molecule has 2 aliphatic rings. The lowest BCUT2D eigenvalue weighted by atomic mass is 10.1. The van der Waals surface area contributed by atoms with Crippen LogP contribution in [0.15, 0.2) is 36.4 Å². The number of hydrogen-bond acceptors (Lipinski definition) is 5. The number of anilines is 1. The van der Waals surface area contributed by atoms with Crippen LogP contribution < -0.4 is 9.64 Å². The Morgan fingerprint density at radius 2 is 1.85 bits per heavy atom. The van der Waals surface area contributed by atoms with E-state index in [-0.39, 0.29) is 5.91 Å². The Hall–Kier alpha value is -2.63. The second-order valence-corrected chi connectivity index (χ2v) is 6.80. The molecule has 2 aromatic rings. The van der Waals surface area contributed by atoms with Crippen molar-refractivity contribution < 1.29 is 9.53 Å². The zero-order chi connectivity index (χ0) is 17.9. The number of nitrogens with zero attached hydrogens (tertiary/aromatic N) is 4. The Morgan fingerprint density at radius 1 is 1.08 bits per heavy atom. The minimum atomic E-state index is 0.0314. The Morgan fingerprint density at radius 3 is 2.50 bits per heavy atom. The number of para-hydroxylation sites is 1. The summed E-state index contributed by atoms with van der Waals surface area (Å²) in [7, 11) is 0. The average molecular weight is 352 g/mol. The lowest BCUT2D eigenvalue weighted by Gasteiger charge is -2.35. The number of carbonyl (C=O) groups excluding carboxylic acids is 1. The van der Waals surface area contributed by atoms with Gasteiger partial charge in [0.05, 0.1) is 17.9 Å². The van der Waals surface area contributed by atoms with E-state index < -0.39 is 0 Å². The van der Waals surface area contributed by atoms with E-state index in [4.69, 9.17) is 4.74 Å². The molecule has 0 spiro atoms. The molecule has 26 heavy (non-hydrogen) atoms. The van der Waals surface area contributed by atoms with Crippen molar-refractivity contribution in [2.75, 3.05) is 37.7 Å². The highest BCUT2D eigenvalue weighted by atomic mass is 16.5. The number of carbonyl (C=O) groups is 1. The summed E-state index contributed by atoms with van der Waals surface area (Å²) < 4.78 is 5.60. The molecule has 4 rings (SSSR count). The van der Waals surface area contributed by atoms with Crippen LogP contribution in [0.1, 0.15) is 41.7 Å². The van der Waals surface area contributed by atoms with Crippen molar-refractivity contribution in [1.29, 1.82) is 0 Å². The van der Waals surface area contributed by atoms with Crippen LogP contribution in [0.3, 0.4) is 0 Å². The fourth-order valence-corrected chi connectivity index (χ4v) is 3.33. The van der Waals surface area contributed by atoms with Crippen LogP contribution in [0.2, 0.25) is 0 Å². The topological polar surface area (TPSA) is 58.6 Å². The van der Waals surface area contributed by atoms with Crippen molar-refractivity contribution in [3.05, 3.63) is 47.7 Å². The summed E-state index contributed by atoms with van der Waals surface area (Å²) in [5, 5.41) is 8.74. The first kappa shape index (κ1) is 16.8. The van der Waals surface area contributed by atoms with E-state index in [0.29, 0.717) is 36.9 Å². The first-order valence-electron chi connectivity index (χ1n) is 9.36. The molecule has 136 valence electrons. The van der Waals surface area contributed by atoms with Crippen LogP contribution in [-0.4, -0.2) is 53.8 Å². The lowest BCUT2D eigenvalue weighted by molar-refractivity contribution is 0.0742. The fourth-order valence-electron chi connectivity index (χ4n) is 3.33. The molecule has 1 saturated carbocycles. The summed E-state index contributed by atoms with van der Waals surface area (Å²) in [5.74, 6) is 2.21. The van der Waals surface area contributed by atoms with Crippen molar-refractivity contribution in [2.24, 2.45) is 0 Å². The number of rotatable bonds is 5. The van der Waals surface area contributed by atoms with Crippen LogP contribution >= 0.6 is 0 Å². The third-order valence-electron chi connectivity index (χ3n) is 4.97. The first-order valence-corrected chi connectivity index (χ1v) is 9.36. The normalized spacial score (nSPS) is 17.3. The van der Waals surface area contributed by atoms with E-state index >= 15 is 0 Å². The molecule has 1 aliphatic heterocycles. The number of hydrogen-bond donors (Lipinski definition) is 0. The second-order valence-electron chi connectivity index (χ2n) is 6.80. The Labute approximate surface area is 153 Å². The highest BCUT2D eigenvalue weighted by Gasteiger charge is 2.27. The lowest BCUT2D eigenvalue weighted by Crippen LogP contribution is -2.49. The summed E-state index contributed by atoms with van der Waals surface area (Å²) in [6.45, 7) is 5.35. The minimum absolute atomic E-state index is 0.0314. The molecule has 0 bridgehead atoms. The van der Waals surface area contributed by atoms with E-state index in [1.54, 1.807) is 0 Å². The van der Waals surface area contributed by atoms with Gasteiger partial charge in [0.15, 0.2) is 5.82 Å². The van der Waals surface area contributed by atoms with Gasteiger partial charge in [0.25, 0.3) is 5.91 Å². The number of piperazine rings is 1. The highest BCUT2D eigenvalue weighted by Crippen LogP contribution is 2.38. The Kier molecular flexibility index (Phi) is 4.73. The molecule has 1 aromatic heterocycles. The van der Waals surface area contributed by atoms with Gasteiger partial charge in [-0.1, -0.05) is 12.1 Å². The van der Waals surface area contributed by atoms with E-state index in [0.717, 1.165) is 24.6 Å². The molecule has 2 heterocycles. The number of amides is 1. The molecule has 6 heteroatoms. The molecular formula is C20H24N4O2. The maximum Gasteiger partial charge on any atom is 0.257 e. The number of benzene rings is 1. The molecule has 0 N–H and O–H groups in total. The predicted molar refractivity (Wildman–Crippen MR) is 99.7 cm³/mol.